The molecular weight excluding hydrogens is 278 g/mol. The summed E-state index contributed by atoms with van der Waals surface area (Å²) in [6.07, 6.45) is 0. The number of rotatable bonds is 2. The molecule has 1 aromatic heterocycles. The highest BCUT2D eigenvalue weighted by Gasteiger charge is 2.01. The first kappa shape index (κ1) is 11.0. The van der Waals surface area contributed by atoms with Gasteiger partial charge in [-0.05, 0) is 46.3 Å². The van der Waals surface area contributed by atoms with Gasteiger partial charge in [-0.3, -0.25) is 0 Å². The van der Waals surface area contributed by atoms with E-state index in [0.717, 1.165) is 0 Å². The highest BCUT2D eigenvalue weighted by atomic mass is 79.9. The molecule has 0 amide bonds. The first-order valence-electron chi connectivity index (χ1n) is 4.50. The highest BCUT2D eigenvalue weighted by molar-refractivity contribution is 9.10. The van der Waals surface area contributed by atoms with Crippen LogP contribution in [-0.2, 0) is 0 Å². The minimum absolute atomic E-state index is 0.342. The molecule has 0 bridgehead atoms. The molecule has 0 saturated carbocycles. The van der Waals surface area contributed by atoms with Crippen LogP contribution in [0.3, 0.4) is 0 Å². The molecule has 1 aromatic carbocycles. The van der Waals surface area contributed by atoms with Gasteiger partial charge in [-0.25, -0.2) is 9.37 Å². The van der Waals surface area contributed by atoms with E-state index in [-0.39, 0.29) is 5.82 Å². The Morgan fingerprint density at radius 1 is 1.12 bits per heavy atom. The second-order valence-electron chi connectivity index (χ2n) is 3.10. The SMILES string of the molecule is Fc1cccc(Nc2ccc(F)c(Br)c2)n1. The van der Waals surface area contributed by atoms with Crippen molar-refractivity contribution in [2.45, 2.75) is 0 Å². The molecule has 16 heavy (non-hydrogen) atoms. The Morgan fingerprint density at radius 2 is 1.94 bits per heavy atom. The third-order valence-corrected chi connectivity index (χ3v) is 2.51. The third kappa shape index (κ3) is 2.55. The summed E-state index contributed by atoms with van der Waals surface area (Å²) >= 11 is 3.06. The zero-order valence-electron chi connectivity index (χ0n) is 8.05. The summed E-state index contributed by atoms with van der Waals surface area (Å²) in [6.45, 7) is 0. The fraction of sp³-hybridized carbons (Fsp3) is 0. The Hall–Kier alpha value is -1.49. The standard InChI is InChI=1S/C11H7BrF2N2/c12-8-6-7(4-5-9(8)13)15-11-3-1-2-10(14)16-11/h1-6H,(H,15,16). The number of hydrogen-bond donors (Lipinski definition) is 1. The van der Waals surface area contributed by atoms with Gasteiger partial charge in [0.05, 0.1) is 4.47 Å². The Kier molecular flexibility index (Phi) is 3.14. The van der Waals surface area contributed by atoms with E-state index in [2.05, 4.69) is 26.2 Å². The van der Waals surface area contributed by atoms with Crippen LogP contribution in [0.5, 0.6) is 0 Å². The van der Waals surface area contributed by atoms with Crippen LogP contribution in [0.2, 0.25) is 0 Å². The molecule has 0 radical (unpaired) electrons. The lowest BCUT2D eigenvalue weighted by molar-refractivity contribution is 0.585. The van der Waals surface area contributed by atoms with Gasteiger partial charge in [0.1, 0.15) is 11.6 Å². The van der Waals surface area contributed by atoms with E-state index >= 15 is 0 Å². The zero-order chi connectivity index (χ0) is 11.5. The highest BCUT2D eigenvalue weighted by Crippen LogP contribution is 2.22. The number of halogens is 3. The molecule has 2 aromatic rings. The Morgan fingerprint density at radius 3 is 2.62 bits per heavy atom. The van der Waals surface area contributed by atoms with Gasteiger partial charge in [-0.2, -0.15) is 4.39 Å². The van der Waals surface area contributed by atoms with Gasteiger partial charge < -0.3 is 5.32 Å². The number of aromatic nitrogens is 1. The lowest BCUT2D eigenvalue weighted by Crippen LogP contribution is -1.95. The van der Waals surface area contributed by atoms with Gasteiger partial charge in [-0.1, -0.05) is 6.07 Å². The number of nitrogens with one attached hydrogen (secondary N) is 1. The third-order valence-electron chi connectivity index (χ3n) is 1.91. The Bertz CT molecular complexity index is 517. The molecule has 0 aliphatic carbocycles. The molecular formula is C11H7BrF2N2. The van der Waals surface area contributed by atoms with Crippen LogP contribution in [0.1, 0.15) is 0 Å². The van der Waals surface area contributed by atoms with Crippen LogP contribution in [0.15, 0.2) is 40.9 Å². The fourth-order valence-electron chi connectivity index (χ4n) is 1.20. The zero-order valence-corrected chi connectivity index (χ0v) is 9.63. The summed E-state index contributed by atoms with van der Waals surface area (Å²) in [4.78, 5) is 3.63. The van der Waals surface area contributed by atoms with Gasteiger partial charge in [0.25, 0.3) is 0 Å². The molecule has 1 N–H and O–H groups in total. The molecule has 0 spiro atoms. The molecule has 0 atom stereocenters. The number of anilines is 2. The largest absolute Gasteiger partial charge is 0.340 e. The van der Waals surface area contributed by atoms with E-state index in [1.165, 1.54) is 12.1 Å². The van der Waals surface area contributed by atoms with Crippen LogP contribution < -0.4 is 5.32 Å². The quantitative estimate of drug-likeness (QED) is 0.847. The van der Waals surface area contributed by atoms with Crippen molar-refractivity contribution < 1.29 is 8.78 Å². The molecule has 0 fully saturated rings. The molecule has 1 heterocycles. The minimum atomic E-state index is -0.564. The summed E-state index contributed by atoms with van der Waals surface area (Å²) in [5.41, 5.74) is 0.631. The molecule has 0 unspecified atom stereocenters. The molecule has 82 valence electrons. The topological polar surface area (TPSA) is 24.9 Å². The summed E-state index contributed by atoms with van der Waals surface area (Å²) < 4.78 is 26.1. The minimum Gasteiger partial charge on any atom is -0.340 e. The average molecular weight is 285 g/mol. The van der Waals surface area contributed by atoms with Crippen LogP contribution in [-0.4, -0.2) is 4.98 Å². The van der Waals surface area contributed by atoms with E-state index in [1.54, 1.807) is 24.3 Å². The van der Waals surface area contributed by atoms with Crippen molar-refractivity contribution in [2.75, 3.05) is 5.32 Å². The van der Waals surface area contributed by atoms with E-state index in [1.807, 2.05) is 0 Å². The molecule has 0 aliphatic heterocycles. The first-order chi connectivity index (χ1) is 7.65. The van der Waals surface area contributed by atoms with Gasteiger partial charge >= 0.3 is 0 Å². The lowest BCUT2D eigenvalue weighted by Gasteiger charge is -2.05. The normalized spacial score (nSPS) is 10.2. The van der Waals surface area contributed by atoms with Gasteiger partial charge in [0.15, 0.2) is 0 Å². The maximum Gasteiger partial charge on any atom is 0.214 e. The summed E-state index contributed by atoms with van der Waals surface area (Å²) in [5, 5.41) is 2.86. The second-order valence-corrected chi connectivity index (χ2v) is 3.95. The molecule has 2 nitrogen and oxygen atoms in total. The van der Waals surface area contributed by atoms with E-state index in [4.69, 9.17) is 0 Å². The second kappa shape index (κ2) is 4.57. The van der Waals surface area contributed by atoms with Crippen LogP contribution >= 0.6 is 15.9 Å². The maximum absolute atomic E-state index is 13.0. The van der Waals surface area contributed by atoms with Crippen molar-refractivity contribution in [2.24, 2.45) is 0 Å². The monoisotopic (exact) mass is 284 g/mol. The van der Waals surface area contributed by atoms with E-state index in [0.29, 0.717) is 16.0 Å². The molecule has 0 aliphatic rings. The van der Waals surface area contributed by atoms with Gasteiger partial charge in [-0.15, -0.1) is 0 Å². The summed E-state index contributed by atoms with van der Waals surface area (Å²) in [6, 6.07) is 8.84. The number of hydrogen-bond acceptors (Lipinski definition) is 2. The van der Waals surface area contributed by atoms with Crippen LogP contribution in [0.4, 0.5) is 20.3 Å². The maximum atomic E-state index is 13.0. The molecule has 5 heteroatoms. The fourth-order valence-corrected chi connectivity index (χ4v) is 1.58. The Balaban J connectivity index is 2.24. The number of benzene rings is 1. The van der Waals surface area contributed by atoms with Crippen LogP contribution in [0.25, 0.3) is 0 Å². The average Bonchev–Trinajstić information content (AvgIpc) is 2.24. The van der Waals surface area contributed by atoms with Gasteiger partial charge in [0.2, 0.25) is 5.95 Å². The van der Waals surface area contributed by atoms with Gasteiger partial charge in [0, 0.05) is 5.69 Å². The predicted molar refractivity (Wildman–Crippen MR) is 61.6 cm³/mol. The van der Waals surface area contributed by atoms with Crippen molar-refractivity contribution in [1.82, 2.24) is 4.98 Å². The number of pyridine rings is 1. The lowest BCUT2D eigenvalue weighted by atomic mass is 10.3. The first-order valence-corrected chi connectivity index (χ1v) is 5.29. The number of nitrogens with zero attached hydrogens (tertiary/aromatic N) is 1. The van der Waals surface area contributed by atoms with E-state index < -0.39 is 5.95 Å². The molecule has 0 saturated heterocycles. The van der Waals surface area contributed by atoms with Crippen LogP contribution in [0, 0.1) is 11.8 Å². The predicted octanol–water partition coefficient (Wildman–Crippen LogP) is 3.87. The Labute approximate surface area is 99.5 Å². The smallest absolute Gasteiger partial charge is 0.214 e. The van der Waals surface area contributed by atoms with Crippen molar-refractivity contribution in [1.29, 1.82) is 0 Å². The van der Waals surface area contributed by atoms with Crippen molar-refractivity contribution in [3.05, 3.63) is 52.6 Å². The summed E-state index contributed by atoms with van der Waals surface area (Å²) in [7, 11) is 0. The van der Waals surface area contributed by atoms with Crippen molar-refractivity contribution in [3.63, 3.8) is 0 Å². The summed E-state index contributed by atoms with van der Waals surface area (Å²) in [5.74, 6) is -0.539. The van der Waals surface area contributed by atoms with Crippen molar-refractivity contribution in [3.8, 4) is 0 Å². The van der Waals surface area contributed by atoms with Crippen molar-refractivity contribution >= 4 is 27.4 Å². The molecule has 2 rings (SSSR count). The van der Waals surface area contributed by atoms with E-state index in [9.17, 15) is 8.78 Å².